The zero-order chi connectivity index (χ0) is 8.10. The van der Waals surface area contributed by atoms with Crippen molar-refractivity contribution in [3.05, 3.63) is 5.51 Å². The number of nitrogens with two attached hydrogens (primary N) is 1. The van der Waals surface area contributed by atoms with Crippen LogP contribution >= 0.6 is 23.1 Å². The summed E-state index contributed by atoms with van der Waals surface area (Å²) in [7, 11) is 0. The Morgan fingerprint density at radius 3 is 3.18 bits per heavy atom. The van der Waals surface area contributed by atoms with E-state index in [-0.39, 0.29) is 5.91 Å². The second kappa shape index (κ2) is 4.30. The van der Waals surface area contributed by atoms with Crippen molar-refractivity contribution in [3.63, 3.8) is 0 Å². The molecule has 60 valence electrons. The van der Waals surface area contributed by atoms with Crippen molar-refractivity contribution in [2.45, 2.75) is 10.8 Å². The van der Waals surface area contributed by atoms with Crippen LogP contribution in [0, 0.1) is 0 Å². The molecule has 0 radical (unpaired) electrons. The summed E-state index contributed by atoms with van der Waals surface area (Å²) in [4.78, 5) is 10.3. The van der Waals surface area contributed by atoms with Gasteiger partial charge in [-0.25, -0.2) is 0 Å². The highest BCUT2D eigenvalue weighted by Crippen LogP contribution is 2.18. The summed E-state index contributed by atoms with van der Waals surface area (Å²) < 4.78 is 0.881. The third-order valence-corrected chi connectivity index (χ3v) is 2.78. The highest BCUT2D eigenvalue weighted by atomic mass is 32.2. The first-order valence-electron chi connectivity index (χ1n) is 2.96. The summed E-state index contributed by atoms with van der Waals surface area (Å²) in [5.41, 5.74) is 6.61. The van der Waals surface area contributed by atoms with Crippen molar-refractivity contribution >= 4 is 29.0 Å². The van der Waals surface area contributed by atoms with E-state index in [0.29, 0.717) is 12.2 Å². The number of nitrogens with zero attached hydrogens (tertiary/aromatic N) is 2. The highest BCUT2D eigenvalue weighted by Gasteiger charge is 1.98. The molecule has 0 saturated heterocycles. The van der Waals surface area contributed by atoms with Gasteiger partial charge in [0.25, 0.3) is 0 Å². The molecule has 0 bridgehead atoms. The molecule has 1 aromatic rings. The molecule has 11 heavy (non-hydrogen) atoms. The van der Waals surface area contributed by atoms with Crippen LogP contribution in [-0.4, -0.2) is 21.9 Å². The van der Waals surface area contributed by atoms with Crippen LogP contribution < -0.4 is 5.73 Å². The molecular formula is C5H7N3OS2. The average Bonchev–Trinajstić information content (AvgIpc) is 2.39. The standard InChI is InChI=1S/C5H7N3OS2/c6-4(9)1-2-10-5-8-7-3-11-5/h3H,1-2H2,(H2,6,9). The zero-order valence-electron chi connectivity index (χ0n) is 5.69. The van der Waals surface area contributed by atoms with E-state index in [1.165, 1.54) is 23.1 Å². The van der Waals surface area contributed by atoms with Crippen molar-refractivity contribution in [1.82, 2.24) is 10.2 Å². The number of aromatic nitrogens is 2. The monoisotopic (exact) mass is 189 g/mol. The van der Waals surface area contributed by atoms with Gasteiger partial charge in [-0.2, -0.15) is 0 Å². The summed E-state index contributed by atoms with van der Waals surface area (Å²) in [5.74, 6) is 0.409. The Labute approximate surface area is 72.2 Å². The van der Waals surface area contributed by atoms with Crippen LogP contribution in [0.3, 0.4) is 0 Å². The molecule has 1 heterocycles. The topological polar surface area (TPSA) is 68.9 Å². The Morgan fingerprint density at radius 1 is 1.82 bits per heavy atom. The largest absolute Gasteiger partial charge is 0.370 e. The Morgan fingerprint density at radius 2 is 2.64 bits per heavy atom. The minimum atomic E-state index is -0.276. The van der Waals surface area contributed by atoms with E-state index in [0.717, 1.165) is 4.34 Å². The van der Waals surface area contributed by atoms with Crippen LogP contribution in [0.15, 0.2) is 9.85 Å². The number of primary amides is 1. The molecule has 0 saturated carbocycles. The number of thioether (sulfide) groups is 1. The van der Waals surface area contributed by atoms with Crippen LogP contribution in [0.25, 0.3) is 0 Å². The number of carbonyl (C=O) groups is 1. The number of hydrogen-bond acceptors (Lipinski definition) is 5. The van der Waals surface area contributed by atoms with Crippen molar-refractivity contribution < 1.29 is 4.79 Å². The molecule has 1 rings (SSSR count). The lowest BCUT2D eigenvalue weighted by Crippen LogP contribution is -2.10. The molecule has 1 amide bonds. The van der Waals surface area contributed by atoms with Gasteiger partial charge in [0.05, 0.1) is 0 Å². The summed E-state index contributed by atoms with van der Waals surface area (Å²) >= 11 is 2.96. The lowest BCUT2D eigenvalue weighted by atomic mass is 10.5. The maximum Gasteiger partial charge on any atom is 0.218 e. The fraction of sp³-hybridized carbons (Fsp3) is 0.400. The van der Waals surface area contributed by atoms with Crippen LogP contribution in [0.1, 0.15) is 6.42 Å². The predicted octanol–water partition coefficient (Wildman–Crippen LogP) is 0.506. The zero-order valence-corrected chi connectivity index (χ0v) is 7.32. The summed E-state index contributed by atoms with van der Waals surface area (Å²) in [6.45, 7) is 0. The normalized spacial score (nSPS) is 9.82. The summed E-state index contributed by atoms with van der Waals surface area (Å²) in [5, 5.41) is 7.44. The van der Waals surface area contributed by atoms with Gasteiger partial charge >= 0.3 is 0 Å². The molecular weight excluding hydrogens is 182 g/mol. The lowest BCUT2D eigenvalue weighted by Gasteiger charge is -1.91. The van der Waals surface area contributed by atoms with E-state index in [9.17, 15) is 4.79 Å². The van der Waals surface area contributed by atoms with E-state index < -0.39 is 0 Å². The van der Waals surface area contributed by atoms with Gasteiger partial charge in [-0.15, -0.1) is 10.2 Å². The van der Waals surface area contributed by atoms with Crippen LogP contribution in [0.2, 0.25) is 0 Å². The Hall–Kier alpha value is -0.620. The summed E-state index contributed by atoms with van der Waals surface area (Å²) in [6, 6.07) is 0. The highest BCUT2D eigenvalue weighted by molar-refractivity contribution is 8.01. The maximum absolute atomic E-state index is 10.3. The van der Waals surface area contributed by atoms with Gasteiger partial charge in [0.2, 0.25) is 5.91 Å². The SMILES string of the molecule is NC(=O)CCSc1nncs1. The van der Waals surface area contributed by atoms with Crippen LogP contribution in [-0.2, 0) is 4.79 Å². The molecule has 0 unspecified atom stereocenters. The Balaban J connectivity index is 2.19. The second-order valence-corrected chi connectivity index (χ2v) is 3.94. The Kier molecular flexibility index (Phi) is 3.31. The van der Waals surface area contributed by atoms with Gasteiger partial charge < -0.3 is 5.73 Å². The molecule has 2 N–H and O–H groups in total. The molecule has 6 heteroatoms. The number of carbonyl (C=O) groups excluding carboxylic acids is 1. The summed E-state index contributed by atoms with van der Waals surface area (Å²) in [6.07, 6.45) is 0.393. The van der Waals surface area contributed by atoms with Gasteiger partial charge in [0.15, 0.2) is 4.34 Å². The van der Waals surface area contributed by atoms with E-state index in [4.69, 9.17) is 5.73 Å². The molecule has 0 spiro atoms. The molecule has 0 aliphatic rings. The van der Waals surface area contributed by atoms with Crippen molar-refractivity contribution in [1.29, 1.82) is 0 Å². The molecule has 0 aliphatic carbocycles. The fourth-order valence-corrected chi connectivity index (χ4v) is 1.98. The van der Waals surface area contributed by atoms with Gasteiger partial charge in [-0.05, 0) is 0 Å². The first kappa shape index (κ1) is 8.48. The van der Waals surface area contributed by atoms with Gasteiger partial charge in [0.1, 0.15) is 5.51 Å². The molecule has 0 aliphatic heterocycles. The van der Waals surface area contributed by atoms with Crippen LogP contribution in [0.5, 0.6) is 0 Å². The molecule has 1 aromatic heterocycles. The van der Waals surface area contributed by atoms with Gasteiger partial charge in [-0.1, -0.05) is 23.1 Å². The third-order valence-electron chi connectivity index (χ3n) is 0.914. The molecule has 0 fully saturated rings. The quantitative estimate of drug-likeness (QED) is 0.700. The van der Waals surface area contributed by atoms with E-state index in [1.807, 2.05) is 0 Å². The smallest absolute Gasteiger partial charge is 0.218 e. The lowest BCUT2D eigenvalue weighted by molar-refractivity contribution is -0.117. The molecule has 4 nitrogen and oxygen atoms in total. The first-order valence-corrected chi connectivity index (χ1v) is 4.83. The second-order valence-electron chi connectivity index (χ2n) is 1.77. The molecule has 0 atom stereocenters. The van der Waals surface area contributed by atoms with Crippen molar-refractivity contribution in [3.8, 4) is 0 Å². The number of amides is 1. The first-order chi connectivity index (χ1) is 5.29. The third kappa shape index (κ3) is 3.33. The average molecular weight is 189 g/mol. The predicted molar refractivity (Wildman–Crippen MR) is 44.4 cm³/mol. The van der Waals surface area contributed by atoms with E-state index >= 15 is 0 Å². The molecule has 0 aromatic carbocycles. The fourth-order valence-electron chi connectivity index (χ4n) is 0.465. The van der Waals surface area contributed by atoms with Gasteiger partial charge in [-0.3, -0.25) is 4.79 Å². The minimum absolute atomic E-state index is 0.276. The van der Waals surface area contributed by atoms with E-state index in [2.05, 4.69) is 10.2 Å². The minimum Gasteiger partial charge on any atom is -0.370 e. The maximum atomic E-state index is 10.3. The number of hydrogen-bond donors (Lipinski definition) is 1. The number of rotatable bonds is 4. The Bertz CT molecular complexity index is 224. The van der Waals surface area contributed by atoms with Crippen molar-refractivity contribution in [2.75, 3.05) is 5.75 Å². The van der Waals surface area contributed by atoms with Gasteiger partial charge in [0, 0.05) is 12.2 Å². The van der Waals surface area contributed by atoms with Crippen LogP contribution in [0.4, 0.5) is 0 Å². The van der Waals surface area contributed by atoms with Crippen molar-refractivity contribution in [2.24, 2.45) is 5.73 Å². The van der Waals surface area contributed by atoms with E-state index in [1.54, 1.807) is 5.51 Å².